The molecule has 0 unspecified atom stereocenters. The second-order valence-corrected chi connectivity index (χ2v) is 6.80. The van der Waals surface area contributed by atoms with E-state index in [4.69, 9.17) is 4.74 Å². The summed E-state index contributed by atoms with van der Waals surface area (Å²) in [6.45, 7) is 0.770. The number of nitriles is 1. The van der Waals surface area contributed by atoms with E-state index in [1.165, 1.54) is 0 Å². The number of nitrogens with zero attached hydrogens (tertiary/aromatic N) is 2. The van der Waals surface area contributed by atoms with E-state index in [-0.39, 0.29) is 11.5 Å². The van der Waals surface area contributed by atoms with Crippen molar-refractivity contribution in [1.82, 2.24) is 10.3 Å². The van der Waals surface area contributed by atoms with Crippen LogP contribution in [0.25, 0.3) is 0 Å². The number of ether oxygens (including phenoxy) is 1. The first-order valence-corrected chi connectivity index (χ1v) is 8.55. The Kier molecular flexibility index (Phi) is 4.05. The maximum Gasteiger partial charge on any atom is 0.0993 e. The number of aromatic nitrogens is 1. The molecule has 1 saturated heterocycles. The summed E-state index contributed by atoms with van der Waals surface area (Å²) in [6, 6.07) is 17.4. The van der Waals surface area contributed by atoms with Crippen LogP contribution in [0.2, 0.25) is 0 Å². The smallest absolute Gasteiger partial charge is 0.0993 e. The molecule has 0 spiro atoms. The summed E-state index contributed by atoms with van der Waals surface area (Å²) < 4.78 is 5.92. The number of pyridine rings is 1. The van der Waals surface area contributed by atoms with Crippen LogP contribution in [-0.4, -0.2) is 23.7 Å². The normalized spacial score (nSPS) is 32.0. The molecule has 2 aromatic rings. The average molecular weight is 319 g/mol. The van der Waals surface area contributed by atoms with Crippen molar-refractivity contribution >= 4 is 0 Å². The van der Waals surface area contributed by atoms with Gasteiger partial charge < -0.3 is 10.1 Å². The van der Waals surface area contributed by atoms with Gasteiger partial charge in [0.05, 0.1) is 17.6 Å². The highest BCUT2D eigenvalue weighted by Gasteiger charge is 2.47. The van der Waals surface area contributed by atoms with Gasteiger partial charge in [-0.1, -0.05) is 36.4 Å². The zero-order valence-corrected chi connectivity index (χ0v) is 13.6. The highest BCUT2D eigenvalue weighted by molar-refractivity contribution is 5.37. The van der Waals surface area contributed by atoms with Crippen LogP contribution in [0, 0.1) is 11.3 Å². The van der Waals surface area contributed by atoms with Gasteiger partial charge in [-0.25, -0.2) is 0 Å². The minimum Gasteiger partial charge on any atom is -0.372 e. The van der Waals surface area contributed by atoms with Crippen molar-refractivity contribution in [3.05, 3.63) is 66.0 Å². The molecule has 2 fully saturated rings. The van der Waals surface area contributed by atoms with Gasteiger partial charge in [-0.2, -0.15) is 5.26 Å². The van der Waals surface area contributed by atoms with Crippen LogP contribution < -0.4 is 5.32 Å². The molecule has 4 nitrogen and oxygen atoms in total. The molecule has 1 N–H and O–H groups in total. The summed E-state index contributed by atoms with van der Waals surface area (Å²) in [5.74, 6) is 0. The van der Waals surface area contributed by atoms with Gasteiger partial charge in [-0.15, -0.1) is 0 Å². The lowest BCUT2D eigenvalue weighted by Gasteiger charge is -2.45. The average Bonchev–Trinajstić information content (AvgIpc) is 3.07. The Bertz CT molecular complexity index is 720. The van der Waals surface area contributed by atoms with Gasteiger partial charge >= 0.3 is 0 Å². The zero-order valence-electron chi connectivity index (χ0n) is 13.6. The van der Waals surface area contributed by atoms with E-state index in [9.17, 15) is 5.26 Å². The Morgan fingerprint density at radius 1 is 1.17 bits per heavy atom. The predicted molar refractivity (Wildman–Crippen MR) is 91.2 cm³/mol. The number of nitrogens with one attached hydrogen (secondary N) is 1. The Labute approximate surface area is 142 Å². The van der Waals surface area contributed by atoms with Crippen LogP contribution in [0.15, 0.2) is 54.9 Å². The van der Waals surface area contributed by atoms with Crippen molar-refractivity contribution in [2.75, 3.05) is 6.61 Å². The Morgan fingerprint density at radius 2 is 2.00 bits per heavy atom. The third-order valence-corrected chi connectivity index (χ3v) is 5.28. The van der Waals surface area contributed by atoms with E-state index in [0.29, 0.717) is 12.1 Å². The van der Waals surface area contributed by atoms with Gasteiger partial charge in [0.2, 0.25) is 0 Å². The first kappa shape index (κ1) is 15.3. The van der Waals surface area contributed by atoms with E-state index >= 15 is 0 Å². The minimum absolute atomic E-state index is 0.0625. The molecule has 1 saturated carbocycles. The van der Waals surface area contributed by atoms with Gasteiger partial charge in [-0.3, -0.25) is 4.98 Å². The molecule has 24 heavy (non-hydrogen) atoms. The van der Waals surface area contributed by atoms with Crippen molar-refractivity contribution < 1.29 is 4.74 Å². The zero-order chi connectivity index (χ0) is 16.4. The highest BCUT2D eigenvalue weighted by Crippen LogP contribution is 2.44. The van der Waals surface area contributed by atoms with Gasteiger partial charge in [0.15, 0.2) is 0 Å². The highest BCUT2D eigenvalue weighted by atomic mass is 16.5. The first-order chi connectivity index (χ1) is 11.8. The molecule has 1 aliphatic heterocycles. The fraction of sp³-hybridized carbons (Fsp3) is 0.400. The Balaban J connectivity index is 1.42. The molecule has 4 heteroatoms. The van der Waals surface area contributed by atoms with Gasteiger partial charge in [0.25, 0.3) is 0 Å². The first-order valence-electron chi connectivity index (χ1n) is 8.55. The van der Waals surface area contributed by atoms with Crippen LogP contribution in [0.3, 0.4) is 0 Å². The fourth-order valence-electron chi connectivity index (χ4n) is 3.98. The molecule has 1 aromatic carbocycles. The van der Waals surface area contributed by atoms with Gasteiger partial charge in [-0.05, 0) is 30.9 Å². The van der Waals surface area contributed by atoms with Crippen LogP contribution in [0.5, 0.6) is 0 Å². The molecule has 0 amide bonds. The third kappa shape index (κ3) is 2.71. The summed E-state index contributed by atoms with van der Waals surface area (Å²) in [7, 11) is 0. The molecule has 1 aliphatic carbocycles. The summed E-state index contributed by atoms with van der Waals surface area (Å²) in [4.78, 5) is 4.20. The quantitative estimate of drug-likeness (QED) is 0.940. The number of hydrogen-bond donors (Lipinski definition) is 1. The molecule has 2 atom stereocenters. The van der Waals surface area contributed by atoms with Crippen LogP contribution in [-0.2, 0) is 10.2 Å². The molecule has 0 bridgehead atoms. The Hall–Kier alpha value is -2.22. The second-order valence-electron chi connectivity index (χ2n) is 6.80. The van der Waals surface area contributed by atoms with Crippen molar-refractivity contribution in [1.29, 1.82) is 5.26 Å². The van der Waals surface area contributed by atoms with Crippen molar-refractivity contribution in [2.45, 2.75) is 42.9 Å². The van der Waals surface area contributed by atoms with E-state index in [0.717, 1.165) is 37.0 Å². The summed E-state index contributed by atoms with van der Waals surface area (Å²) >= 11 is 0. The molecule has 0 radical (unpaired) electrons. The summed E-state index contributed by atoms with van der Waals surface area (Å²) in [5, 5.41) is 13.4. The second kappa shape index (κ2) is 6.35. The predicted octanol–water partition coefficient (Wildman–Crippen LogP) is 3.13. The minimum atomic E-state index is -0.331. The lowest BCUT2D eigenvalue weighted by molar-refractivity contribution is 0.0885. The number of benzene rings is 1. The lowest BCUT2D eigenvalue weighted by Crippen LogP contribution is -2.54. The van der Waals surface area contributed by atoms with Crippen molar-refractivity contribution in [3.63, 3.8) is 0 Å². The largest absolute Gasteiger partial charge is 0.372 e. The molecule has 122 valence electrons. The van der Waals surface area contributed by atoms with Crippen molar-refractivity contribution in [2.24, 2.45) is 0 Å². The Morgan fingerprint density at radius 3 is 2.71 bits per heavy atom. The molecular weight excluding hydrogens is 298 g/mol. The maximum atomic E-state index is 9.69. The monoisotopic (exact) mass is 319 g/mol. The van der Waals surface area contributed by atoms with Gasteiger partial charge in [0, 0.05) is 36.6 Å². The summed E-state index contributed by atoms with van der Waals surface area (Å²) in [6.07, 6.45) is 6.46. The standard InChI is InChI=1S/C20H21N3O/c21-14-20(16-6-2-1-3-7-16)11-17(12-20)23-18-8-10-24-19(18)15-5-4-9-22-13-15/h1-7,9,13,17-19,23H,8,10-12H2/t17?,18-,19+,20?/m0/s1. The van der Waals surface area contributed by atoms with Crippen LogP contribution >= 0.6 is 0 Å². The van der Waals surface area contributed by atoms with E-state index < -0.39 is 0 Å². The van der Waals surface area contributed by atoms with E-state index in [1.54, 1.807) is 6.20 Å². The molecular formula is C20H21N3O. The van der Waals surface area contributed by atoms with Gasteiger partial charge in [0.1, 0.15) is 0 Å². The third-order valence-electron chi connectivity index (χ3n) is 5.28. The van der Waals surface area contributed by atoms with Crippen LogP contribution in [0.1, 0.15) is 36.5 Å². The number of rotatable bonds is 4. The van der Waals surface area contributed by atoms with Crippen molar-refractivity contribution in [3.8, 4) is 6.07 Å². The number of hydrogen-bond acceptors (Lipinski definition) is 4. The topological polar surface area (TPSA) is 57.9 Å². The fourth-order valence-corrected chi connectivity index (χ4v) is 3.98. The maximum absolute atomic E-state index is 9.69. The molecule has 2 heterocycles. The van der Waals surface area contributed by atoms with E-state index in [1.807, 2.05) is 30.5 Å². The lowest BCUT2D eigenvalue weighted by atomic mass is 9.62. The molecule has 1 aromatic heterocycles. The summed E-state index contributed by atoms with van der Waals surface area (Å²) in [5.41, 5.74) is 1.93. The SMILES string of the molecule is N#CC1(c2ccccc2)CC(N[C@H]2CCO[C@@H]2c2cccnc2)C1. The van der Waals surface area contributed by atoms with Crippen LogP contribution in [0.4, 0.5) is 0 Å². The molecule has 4 rings (SSSR count). The molecule has 2 aliphatic rings. The van der Waals surface area contributed by atoms with E-state index in [2.05, 4.69) is 34.6 Å².